The Bertz CT molecular complexity index is 2910. The lowest BCUT2D eigenvalue weighted by atomic mass is 9.90. The fourth-order valence-electron chi connectivity index (χ4n) is 8.85. The Morgan fingerprint density at radius 2 is 1.49 bits per heavy atom. The van der Waals surface area contributed by atoms with Gasteiger partial charge in [-0.1, -0.05) is 91.0 Å². The number of nitrogens with one attached hydrogen (secondary N) is 2. The van der Waals surface area contributed by atoms with Crippen molar-refractivity contribution >= 4 is 44.0 Å². The molecule has 0 amide bonds. The summed E-state index contributed by atoms with van der Waals surface area (Å²) >= 11 is 0. The van der Waals surface area contributed by atoms with Gasteiger partial charge in [0.25, 0.3) is 0 Å². The lowest BCUT2D eigenvalue weighted by Crippen LogP contribution is -2.32. The van der Waals surface area contributed by atoms with E-state index in [0.717, 1.165) is 110 Å². The summed E-state index contributed by atoms with van der Waals surface area (Å²) < 4.78 is 0. The summed E-state index contributed by atoms with van der Waals surface area (Å²) in [5.41, 5.74) is 13.6. The minimum atomic E-state index is -0.169. The van der Waals surface area contributed by atoms with Gasteiger partial charge in [0.15, 0.2) is 5.82 Å². The van der Waals surface area contributed by atoms with Crippen molar-refractivity contribution in [3.8, 4) is 33.9 Å². The van der Waals surface area contributed by atoms with Crippen LogP contribution in [-0.4, -0.2) is 38.0 Å². The van der Waals surface area contributed by atoms with Crippen molar-refractivity contribution in [2.45, 2.75) is 25.3 Å². The van der Waals surface area contributed by atoms with E-state index in [1.165, 1.54) is 22.4 Å². The SMILES string of the molecule is c1c[nH]c(-c2cc3nc(C4NCCc5ccccc54)nc(-c4nccc5ccccc45)c3c(N3CCCc4ccccc43)c2-c2ccc3ccccc3n2)c1. The lowest BCUT2D eigenvalue weighted by molar-refractivity contribution is 0.546. The molecule has 55 heavy (non-hydrogen) atoms. The molecule has 6 heterocycles. The van der Waals surface area contributed by atoms with Gasteiger partial charge in [-0.3, -0.25) is 4.98 Å². The molecule has 2 aliphatic heterocycles. The maximum atomic E-state index is 5.64. The van der Waals surface area contributed by atoms with Gasteiger partial charge >= 0.3 is 0 Å². The van der Waals surface area contributed by atoms with Crippen LogP contribution in [0.25, 0.3) is 66.5 Å². The highest BCUT2D eigenvalue weighted by Crippen LogP contribution is 2.50. The second-order valence-corrected chi connectivity index (χ2v) is 14.5. The molecule has 2 aliphatic rings. The van der Waals surface area contributed by atoms with Crippen LogP contribution in [0.5, 0.6) is 0 Å². The monoisotopic (exact) mass is 711 g/mol. The fraction of sp³-hybridized carbons (Fsp3) is 0.125. The Hall–Kier alpha value is -6.70. The average Bonchev–Trinajstić information content (AvgIpc) is 3.80. The predicted molar refractivity (Wildman–Crippen MR) is 223 cm³/mol. The van der Waals surface area contributed by atoms with Gasteiger partial charge in [0.2, 0.25) is 0 Å². The van der Waals surface area contributed by atoms with E-state index in [1.54, 1.807) is 0 Å². The normalized spacial score (nSPS) is 15.3. The van der Waals surface area contributed by atoms with Crippen molar-refractivity contribution in [3.63, 3.8) is 0 Å². The smallest absolute Gasteiger partial charge is 0.151 e. The van der Waals surface area contributed by atoms with Crippen LogP contribution in [0.2, 0.25) is 0 Å². The van der Waals surface area contributed by atoms with Gasteiger partial charge in [-0.2, -0.15) is 0 Å². The van der Waals surface area contributed by atoms with E-state index in [-0.39, 0.29) is 6.04 Å². The number of aryl methyl sites for hydroxylation is 1. The molecule has 0 radical (unpaired) electrons. The largest absolute Gasteiger partial charge is 0.361 e. The van der Waals surface area contributed by atoms with Crippen molar-refractivity contribution in [1.29, 1.82) is 0 Å². The number of pyridine rings is 2. The van der Waals surface area contributed by atoms with Gasteiger partial charge in [0.05, 0.1) is 39.5 Å². The van der Waals surface area contributed by atoms with Crippen LogP contribution >= 0.6 is 0 Å². The minimum Gasteiger partial charge on any atom is -0.361 e. The molecule has 0 fully saturated rings. The number of para-hydroxylation sites is 2. The summed E-state index contributed by atoms with van der Waals surface area (Å²) in [4.78, 5) is 27.8. The van der Waals surface area contributed by atoms with E-state index in [0.29, 0.717) is 0 Å². The summed E-state index contributed by atoms with van der Waals surface area (Å²) in [6, 6.07) is 47.1. The van der Waals surface area contributed by atoms with Crippen molar-refractivity contribution < 1.29 is 0 Å². The Morgan fingerprint density at radius 3 is 2.42 bits per heavy atom. The topological polar surface area (TPSA) is 82.6 Å². The first-order valence-corrected chi connectivity index (χ1v) is 19.2. The second-order valence-electron chi connectivity index (χ2n) is 14.5. The maximum Gasteiger partial charge on any atom is 0.151 e. The molecule has 5 aromatic carbocycles. The number of nitrogens with zero attached hydrogens (tertiary/aromatic N) is 5. The number of benzene rings is 5. The molecule has 0 spiro atoms. The highest BCUT2D eigenvalue weighted by atomic mass is 15.2. The molecule has 0 saturated heterocycles. The molecular formula is C48H37N7. The molecular weight excluding hydrogens is 675 g/mol. The predicted octanol–water partition coefficient (Wildman–Crippen LogP) is 10.4. The van der Waals surface area contributed by atoms with Gasteiger partial charge in [-0.25, -0.2) is 15.0 Å². The third kappa shape index (κ3) is 5.30. The number of rotatable bonds is 5. The molecule has 1 atom stereocenters. The molecule has 7 nitrogen and oxygen atoms in total. The molecule has 0 aliphatic carbocycles. The molecule has 4 aromatic heterocycles. The van der Waals surface area contributed by atoms with Gasteiger partial charge in [0, 0.05) is 58.8 Å². The number of aromatic amines is 1. The summed E-state index contributed by atoms with van der Waals surface area (Å²) in [5, 5.41) is 8.03. The van der Waals surface area contributed by atoms with E-state index in [1.807, 2.05) is 12.4 Å². The Kier molecular flexibility index (Phi) is 7.52. The summed E-state index contributed by atoms with van der Waals surface area (Å²) in [6.45, 7) is 1.68. The third-order valence-corrected chi connectivity index (χ3v) is 11.4. The quantitative estimate of drug-likeness (QED) is 0.185. The zero-order chi connectivity index (χ0) is 36.3. The van der Waals surface area contributed by atoms with Crippen LogP contribution in [0, 0.1) is 0 Å². The van der Waals surface area contributed by atoms with Crippen molar-refractivity contribution in [2.75, 3.05) is 18.0 Å². The zero-order valence-corrected chi connectivity index (χ0v) is 30.2. The van der Waals surface area contributed by atoms with Gasteiger partial charge in [0.1, 0.15) is 5.69 Å². The van der Waals surface area contributed by atoms with Gasteiger partial charge in [-0.15, -0.1) is 0 Å². The summed E-state index contributed by atoms with van der Waals surface area (Å²) in [6.07, 6.45) is 6.91. The Morgan fingerprint density at radius 1 is 0.655 bits per heavy atom. The van der Waals surface area contributed by atoms with Gasteiger partial charge < -0.3 is 15.2 Å². The van der Waals surface area contributed by atoms with E-state index < -0.39 is 0 Å². The van der Waals surface area contributed by atoms with Crippen molar-refractivity contribution in [2.24, 2.45) is 0 Å². The molecule has 0 saturated carbocycles. The van der Waals surface area contributed by atoms with E-state index >= 15 is 0 Å². The highest BCUT2D eigenvalue weighted by Gasteiger charge is 2.32. The van der Waals surface area contributed by atoms with Crippen LogP contribution in [0.15, 0.2) is 146 Å². The summed E-state index contributed by atoms with van der Waals surface area (Å²) in [5.74, 6) is 0.739. The average molecular weight is 712 g/mol. The fourth-order valence-corrected chi connectivity index (χ4v) is 8.85. The molecule has 0 bridgehead atoms. The number of anilines is 2. The molecule has 9 aromatic rings. The van der Waals surface area contributed by atoms with E-state index in [2.05, 4.69) is 149 Å². The first kappa shape index (κ1) is 31.8. The van der Waals surface area contributed by atoms with Crippen LogP contribution < -0.4 is 10.2 Å². The minimum absolute atomic E-state index is 0.169. The number of H-pyrrole nitrogens is 1. The second kappa shape index (κ2) is 13.0. The zero-order valence-electron chi connectivity index (χ0n) is 30.2. The van der Waals surface area contributed by atoms with Crippen LogP contribution in [-0.2, 0) is 12.8 Å². The molecule has 1 unspecified atom stereocenters. The molecule has 2 N–H and O–H groups in total. The van der Waals surface area contributed by atoms with Crippen molar-refractivity contribution in [3.05, 3.63) is 168 Å². The van der Waals surface area contributed by atoms with Gasteiger partial charge in [-0.05, 0) is 83.8 Å². The Labute approximate surface area is 318 Å². The number of aromatic nitrogens is 5. The summed E-state index contributed by atoms with van der Waals surface area (Å²) in [7, 11) is 0. The third-order valence-electron chi connectivity index (χ3n) is 11.4. The number of hydrogen-bond acceptors (Lipinski definition) is 6. The standard InChI is InChI=1S/C48H37N7/c1-5-16-34-30(11-1)23-26-50-44(34)46-43-40(53-48(54-46)45-35-17-6-2-12-31(35)24-27-51-45)29-36(38-19-9-25-49-38)42(39-22-21-32-13-3-7-18-37(32)52-39)47(43)55-28-10-15-33-14-4-8-20-41(33)55/h1-9,11-14,16-23,25-26,29,45,49,51H,10,15,24,27-28H2. The molecule has 7 heteroatoms. The van der Waals surface area contributed by atoms with E-state index in [4.69, 9.17) is 19.9 Å². The molecule has 11 rings (SSSR count). The Balaban J connectivity index is 1.32. The lowest BCUT2D eigenvalue weighted by Gasteiger charge is -2.35. The molecule has 264 valence electrons. The van der Waals surface area contributed by atoms with Crippen LogP contribution in [0.3, 0.4) is 0 Å². The number of fused-ring (bicyclic) bond motifs is 5. The van der Waals surface area contributed by atoms with E-state index in [9.17, 15) is 0 Å². The first-order valence-electron chi connectivity index (χ1n) is 19.2. The number of hydrogen-bond donors (Lipinski definition) is 2. The van der Waals surface area contributed by atoms with Crippen LogP contribution in [0.4, 0.5) is 11.4 Å². The van der Waals surface area contributed by atoms with Crippen molar-refractivity contribution in [1.82, 2.24) is 30.2 Å². The maximum absolute atomic E-state index is 5.64. The highest BCUT2D eigenvalue weighted by molar-refractivity contribution is 6.14. The first-order chi connectivity index (χ1) is 27.3. The van der Waals surface area contributed by atoms with Crippen LogP contribution in [0.1, 0.15) is 35.0 Å².